The number of sulfone groups is 1. The highest BCUT2D eigenvalue weighted by atomic mass is 32.2. The maximum atomic E-state index is 12.1. The molecule has 0 saturated carbocycles. The molecule has 1 rings (SSSR count). The first-order valence-corrected chi connectivity index (χ1v) is 7.68. The molecule has 1 aromatic rings. The molecule has 3 nitrogen and oxygen atoms in total. The molecular formula is C13H21NO2S. The minimum atomic E-state index is -3.03. The van der Waals surface area contributed by atoms with E-state index >= 15 is 0 Å². The molecule has 0 bridgehead atoms. The topological polar surface area (TPSA) is 46.2 Å². The van der Waals surface area contributed by atoms with Crippen molar-refractivity contribution in [1.82, 2.24) is 5.32 Å². The molecule has 0 fully saturated rings. The van der Waals surface area contributed by atoms with Crippen LogP contribution in [0.1, 0.15) is 31.9 Å². The van der Waals surface area contributed by atoms with Gasteiger partial charge in [-0.05, 0) is 26.0 Å². The fraction of sp³-hybridized carbons (Fsp3) is 0.538. The van der Waals surface area contributed by atoms with Crippen molar-refractivity contribution >= 4 is 9.84 Å². The maximum Gasteiger partial charge on any atom is 0.154 e. The van der Waals surface area contributed by atoms with Gasteiger partial charge in [0.05, 0.1) is 11.0 Å². The molecule has 2 atom stereocenters. The van der Waals surface area contributed by atoms with E-state index in [9.17, 15) is 8.42 Å². The largest absolute Gasteiger partial charge is 0.312 e. The Morgan fingerprint density at radius 2 is 1.82 bits per heavy atom. The molecule has 4 heteroatoms. The Morgan fingerprint density at radius 3 is 2.29 bits per heavy atom. The third kappa shape index (κ3) is 3.54. The summed E-state index contributed by atoms with van der Waals surface area (Å²) in [5, 5.41) is 2.70. The molecule has 0 aliphatic rings. The molecule has 0 radical (unpaired) electrons. The summed E-state index contributed by atoms with van der Waals surface area (Å²) in [6.45, 7) is 3.67. The first-order valence-electron chi connectivity index (χ1n) is 5.96. The van der Waals surface area contributed by atoms with Crippen LogP contribution in [0.5, 0.6) is 0 Å². The van der Waals surface area contributed by atoms with Crippen molar-refractivity contribution in [2.45, 2.75) is 31.6 Å². The van der Waals surface area contributed by atoms with E-state index in [-0.39, 0.29) is 11.8 Å². The molecule has 2 unspecified atom stereocenters. The molecule has 0 aliphatic carbocycles. The van der Waals surface area contributed by atoms with Crippen LogP contribution in [-0.4, -0.2) is 26.5 Å². The average molecular weight is 255 g/mol. The Morgan fingerprint density at radius 1 is 1.24 bits per heavy atom. The molecule has 1 N–H and O–H groups in total. The molecule has 17 heavy (non-hydrogen) atoms. The van der Waals surface area contributed by atoms with Gasteiger partial charge in [0, 0.05) is 6.04 Å². The van der Waals surface area contributed by atoms with Crippen molar-refractivity contribution in [1.29, 1.82) is 0 Å². The Kier molecular flexibility index (Phi) is 5.15. The lowest BCUT2D eigenvalue weighted by Crippen LogP contribution is -2.34. The highest BCUT2D eigenvalue weighted by Crippen LogP contribution is 2.22. The number of hydrogen-bond donors (Lipinski definition) is 1. The van der Waals surface area contributed by atoms with E-state index in [1.165, 1.54) is 0 Å². The van der Waals surface area contributed by atoms with E-state index in [0.717, 1.165) is 5.56 Å². The van der Waals surface area contributed by atoms with E-state index < -0.39 is 15.1 Å². The predicted molar refractivity (Wildman–Crippen MR) is 71.8 cm³/mol. The van der Waals surface area contributed by atoms with Gasteiger partial charge in [0.15, 0.2) is 9.84 Å². The second kappa shape index (κ2) is 6.17. The molecule has 0 spiro atoms. The van der Waals surface area contributed by atoms with E-state index in [0.29, 0.717) is 6.42 Å². The fourth-order valence-electron chi connectivity index (χ4n) is 2.01. The number of hydrogen-bond acceptors (Lipinski definition) is 3. The number of rotatable bonds is 6. The predicted octanol–water partition coefficient (Wildman–Crippen LogP) is 2.16. The normalized spacial score (nSPS) is 15.5. The van der Waals surface area contributed by atoms with E-state index in [4.69, 9.17) is 0 Å². The molecular weight excluding hydrogens is 234 g/mol. The van der Waals surface area contributed by atoms with Crippen molar-refractivity contribution in [3.05, 3.63) is 35.9 Å². The van der Waals surface area contributed by atoms with Gasteiger partial charge in [0.1, 0.15) is 0 Å². The van der Waals surface area contributed by atoms with Gasteiger partial charge in [0.25, 0.3) is 0 Å². The quantitative estimate of drug-likeness (QED) is 0.847. The van der Waals surface area contributed by atoms with Gasteiger partial charge in [-0.3, -0.25) is 0 Å². The first-order chi connectivity index (χ1) is 8.03. The minimum Gasteiger partial charge on any atom is -0.312 e. The molecule has 0 aliphatic heterocycles. The van der Waals surface area contributed by atoms with Crippen LogP contribution >= 0.6 is 0 Å². The van der Waals surface area contributed by atoms with Crippen molar-refractivity contribution in [2.24, 2.45) is 0 Å². The fourth-order valence-corrected chi connectivity index (χ4v) is 3.66. The average Bonchev–Trinajstić information content (AvgIpc) is 2.31. The molecule has 0 amide bonds. The van der Waals surface area contributed by atoms with Gasteiger partial charge < -0.3 is 5.32 Å². The van der Waals surface area contributed by atoms with Crippen molar-refractivity contribution in [3.8, 4) is 0 Å². The first kappa shape index (κ1) is 14.2. The summed E-state index contributed by atoms with van der Waals surface area (Å²) in [7, 11) is -1.23. The van der Waals surface area contributed by atoms with Crippen molar-refractivity contribution < 1.29 is 8.42 Å². The lowest BCUT2D eigenvalue weighted by Gasteiger charge is -2.24. The Balaban J connectivity index is 2.96. The third-order valence-electron chi connectivity index (χ3n) is 2.99. The Hall–Kier alpha value is -0.870. The summed E-state index contributed by atoms with van der Waals surface area (Å²) in [4.78, 5) is 0. The number of nitrogens with one attached hydrogen (secondary N) is 1. The minimum absolute atomic E-state index is 0.146. The second-order valence-electron chi connectivity index (χ2n) is 4.25. The Labute approximate surface area is 104 Å². The van der Waals surface area contributed by atoms with Crippen LogP contribution in [0.3, 0.4) is 0 Å². The molecule has 0 heterocycles. The van der Waals surface area contributed by atoms with Crippen molar-refractivity contribution in [3.63, 3.8) is 0 Å². The maximum absolute atomic E-state index is 12.1. The molecule has 0 saturated heterocycles. The summed E-state index contributed by atoms with van der Waals surface area (Å²) >= 11 is 0. The standard InChI is InChI=1S/C13H21NO2S/c1-4-10-17(15,16)11(2)13(14-3)12-8-6-5-7-9-12/h5-9,11,13-14H,4,10H2,1-3H3. The zero-order valence-electron chi connectivity index (χ0n) is 10.7. The van der Waals surface area contributed by atoms with Crippen molar-refractivity contribution in [2.75, 3.05) is 12.8 Å². The van der Waals surface area contributed by atoms with E-state index in [1.54, 1.807) is 14.0 Å². The van der Waals surface area contributed by atoms with Crippen LogP contribution in [0, 0.1) is 0 Å². The van der Waals surface area contributed by atoms with Gasteiger partial charge in [-0.15, -0.1) is 0 Å². The van der Waals surface area contributed by atoms with Gasteiger partial charge in [-0.2, -0.15) is 0 Å². The zero-order chi connectivity index (χ0) is 12.9. The van der Waals surface area contributed by atoms with Gasteiger partial charge >= 0.3 is 0 Å². The van der Waals surface area contributed by atoms with Crippen LogP contribution < -0.4 is 5.32 Å². The molecule has 1 aromatic carbocycles. The lowest BCUT2D eigenvalue weighted by molar-refractivity contribution is 0.530. The van der Waals surface area contributed by atoms with E-state index in [1.807, 2.05) is 37.3 Å². The summed E-state index contributed by atoms with van der Waals surface area (Å²) < 4.78 is 24.1. The molecule has 96 valence electrons. The van der Waals surface area contributed by atoms with Crippen LogP contribution in [-0.2, 0) is 9.84 Å². The smallest absolute Gasteiger partial charge is 0.154 e. The van der Waals surface area contributed by atoms with Crippen LogP contribution in [0.2, 0.25) is 0 Å². The second-order valence-corrected chi connectivity index (χ2v) is 6.73. The SMILES string of the molecule is CCCS(=O)(=O)C(C)C(NC)c1ccccc1. The highest BCUT2D eigenvalue weighted by molar-refractivity contribution is 7.92. The number of benzene rings is 1. The van der Waals surface area contributed by atoms with Crippen LogP contribution in [0.15, 0.2) is 30.3 Å². The van der Waals surface area contributed by atoms with Gasteiger partial charge in [-0.1, -0.05) is 37.3 Å². The third-order valence-corrected chi connectivity index (χ3v) is 5.38. The van der Waals surface area contributed by atoms with Gasteiger partial charge in [-0.25, -0.2) is 8.42 Å². The van der Waals surface area contributed by atoms with Crippen LogP contribution in [0.4, 0.5) is 0 Å². The van der Waals surface area contributed by atoms with E-state index in [2.05, 4.69) is 5.32 Å². The van der Waals surface area contributed by atoms with Crippen LogP contribution in [0.25, 0.3) is 0 Å². The Bertz CT molecular complexity index is 428. The zero-order valence-corrected chi connectivity index (χ0v) is 11.5. The summed E-state index contributed by atoms with van der Waals surface area (Å²) in [6.07, 6.45) is 0.665. The molecule has 0 aromatic heterocycles. The summed E-state index contributed by atoms with van der Waals surface area (Å²) in [5.74, 6) is 0.249. The lowest BCUT2D eigenvalue weighted by atomic mass is 10.0. The summed E-state index contributed by atoms with van der Waals surface area (Å²) in [6, 6.07) is 9.56. The van der Waals surface area contributed by atoms with Gasteiger partial charge in [0.2, 0.25) is 0 Å². The monoisotopic (exact) mass is 255 g/mol. The summed E-state index contributed by atoms with van der Waals surface area (Å²) in [5.41, 5.74) is 1.02. The highest BCUT2D eigenvalue weighted by Gasteiger charge is 2.28.